The molecule has 0 radical (unpaired) electrons. The number of carbonyl (C=O) groups is 1. The van der Waals surface area contributed by atoms with Crippen molar-refractivity contribution in [3.05, 3.63) is 71.8 Å². The van der Waals surface area contributed by atoms with Gasteiger partial charge in [-0.25, -0.2) is 0 Å². The smallest absolute Gasteiger partial charge is 0.305 e. The monoisotopic (exact) mass is 283 g/mol. The number of rotatable bonds is 7. The van der Waals surface area contributed by atoms with Crippen molar-refractivity contribution in [1.29, 1.82) is 0 Å². The predicted molar refractivity (Wildman–Crippen MR) is 83.7 cm³/mol. The number of ether oxygens (including phenoxy) is 1. The summed E-state index contributed by atoms with van der Waals surface area (Å²) < 4.78 is 5.23. The molecule has 0 aliphatic rings. The Kier molecular flexibility index (Phi) is 5.98. The van der Waals surface area contributed by atoms with E-state index in [1.807, 2.05) is 48.5 Å². The van der Waals surface area contributed by atoms with Crippen molar-refractivity contribution in [2.45, 2.75) is 25.3 Å². The summed E-state index contributed by atoms with van der Waals surface area (Å²) in [6, 6.07) is 19.5. The molecule has 1 unspecified atom stereocenters. The summed E-state index contributed by atoms with van der Waals surface area (Å²) in [6.45, 7) is 0.230. The van der Waals surface area contributed by atoms with Gasteiger partial charge < -0.3 is 10.5 Å². The van der Waals surface area contributed by atoms with E-state index in [9.17, 15) is 4.79 Å². The highest BCUT2D eigenvalue weighted by Crippen LogP contribution is 2.10. The molecule has 2 rings (SSSR count). The molecule has 21 heavy (non-hydrogen) atoms. The van der Waals surface area contributed by atoms with Gasteiger partial charge in [0.2, 0.25) is 0 Å². The molecule has 2 N–H and O–H groups in total. The summed E-state index contributed by atoms with van der Waals surface area (Å²) in [5, 5.41) is 0. The lowest BCUT2D eigenvalue weighted by Gasteiger charge is -2.12. The first kappa shape index (κ1) is 15.3. The topological polar surface area (TPSA) is 52.3 Å². The van der Waals surface area contributed by atoms with Crippen LogP contribution in [0.5, 0.6) is 0 Å². The Balaban J connectivity index is 1.66. The zero-order chi connectivity index (χ0) is 14.9. The minimum atomic E-state index is -0.260. The predicted octanol–water partition coefficient (Wildman–Crippen LogP) is 3.25. The summed E-state index contributed by atoms with van der Waals surface area (Å²) in [7, 11) is 0. The Hall–Kier alpha value is -2.13. The Labute approximate surface area is 125 Å². The molecule has 0 heterocycles. The van der Waals surface area contributed by atoms with Gasteiger partial charge in [0.05, 0.1) is 6.04 Å². The van der Waals surface area contributed by atoms with E-state index in [4.69, 9.17) is 10.5 Å². The number of carbonyl (C=O) groups excluding carboxylic acids is 1. The normalized spacial score (nSPS) is 11.9. The molecule has 0 aliphatic carbocycles. The Morgan fingerprint density at radius 1 is 1.00 bits per heavy atom. The maximum absolute atomic E-state index is 11.7. The van der Waals surface area contributed by atoms with Crippen molar-refractivity contribution >= 4 is 5.97 Å². The maximum Gasteiger partial charge on any atom is 0.305 e. The van der Waals surface area contributed by atoms with Crippen LogP contribution in [0.4, 0.5) is 0 Å². The summed E-state index contributed by atoms with van der Waals surface area (Å²) in [5.74, 6) is -0.183. The zero-order valence-corrected chi connectivity index (χ0v) is 12.1. The minimum Gasteiger partial charge on any atom is -0.464 e. The van der Waals surface area contributed by atoms with Crippen LogP contribution in [0.2, 0.25) is 0 Å². The van der Waals surface area contributed by atoms with Crippen molar-refractivity contribution in [2.24, 2.45) is 5.73 Å². The van der Waals surface area contributed by atoms with Gasteiger partial charge in [0.1, 0.15) is 6.61 Å². The number of hydrogen-bond donors (Lipinski definition) is 1. The maximum atomic E-state index is 11.7. The Morgan fingerprint density at radius 2 is 1.62 bits per heavy atom. The van der Waals surface area contributed by atoms with Crippen LogP contribution >= 0.6 is 0 Å². The quantitative estimate of drug-likeness (QED) is 0.794. The van der Waals surface area contributed by atoms with Crippen molar-refractivity contribution in [1.82, 2.24) is 0 Å². The van der Waals surface area contributed by atoms with Gasteiger partial charge in [-0.2, -0.15) is 0 Å². The van der Waals surface area contributed by atoms with Crippen LogP contribution in [0, 0.1) is 0 Å². The van der Waals surface area contributed by atoms with Crippen molar-refractivity contribution in [2.75, 3.05) is 6.61 Å². The molecule has 0 saturated heterocycles. The molecule has 110 valence electrons. The van der Waals surface area contributed by atoms with E-state index >= 15 is 0 Å². The van der Waals surface area contributed by atoms with Gasteiger partial charge in [-0.15, -0.1) is 0 Å². The van der Waals surface area contributed by atoms with Crippen LogP contribution in [-0.4, -0.2) is 12.6 Å². The lowest BCUT2D eigenvalue weighted by molar-refractivity contribution is -0.144. The zero-order valence-electron chi connectivity index (χ0n) is 12.1. The average molecular weight is 283 g/mol. The summed E-state index contributed by atoms with van der Waals surface area (Å²) in [6.07, 6.45) is 2.11. The fourth-order valence-electron chi connectivity index (χ4n) is 2.13. The van der Waals surface area contributed by atoms with E-state index in [1.54, 1.807) is 0 Å². The molecule has 0 saturated carbocycles. The third kappa shape index (κ3) is 5.40. The minimum absolute atomic E-state index is 0.183. The van der Waals surface area contributed by atoms with Crippen LogP contribution in [0.25, 0.3) is 0 Å². The Bertz CT molecular complexity index is 540. The summed E-state index contributed by atoms with van der Waals surface area (Å²) in [5.41, 5.74) is 8.21. The number of aryl methyl sites for hydroxylation is 1. The summed E-state index contributed by atoms with van der Waals surface area (Å²) in [4.78, 5) is 11.7. The van der Waals surface area contributed by atoms with Gasteiger partial charge in [-0.3, -0.25) is 4.79 Å². The van der Waals surface area contributed by atoms with E-state index in [-0.39, 0.29) is 18.6 Å². The van der Waals surface area contributed by atoms with Crippen LogP contribution in [-0.2, 0) is 16.0 Å². The summed E-state index contributed by atoms with van der Waals surface area (Å²) >= 11 is 0. The first-order chi connectivity index (χ1) is 10.3. The van der Waals surface area contributed by atoms with Crippen LogP contribution < -0.4 is 5.73 Å². The SMILES string of the molecule is NC(COC(=O)CCCc1ccccc1)c1ccccc1. The van der Waals surface area contributed by atoms with Gasteiger partial charge in [-0.05, 0) is 24.0 Å². The standard InChI is InChI=1S/C18H21NO2/c19-17(16-11-5-2-6-12-16)14-21-18(20)13-7-10-15-8-3-1-4-9-15/h1-6,8-9,11-12,17H,7,10,13-14,19H2. The van der Waals surface area contributed by atoms with Gasteiger partial charge >= 0.3 is 5.97 Å². The Morgan fingerprint density at radius 3 is 2.29 bits per heavy atom. The van der Waals surface area contributed by atoms with Crippen molar-refractivity contribution in [3.8, 4) is 0 Å². The lowest BCUT2D eigenvalue weighted by Crippen LogP contribution is -2.19. The first-order valence-corrected chi connectivity index (χ1v) is 7.26. The van der Waals surface area contributed by atoms with Crippen molar-refractivity contribution < 1.29 is 9.53 Å². The molecule has 0 aromatic heterocycles. The van der Waals surface area contributed by atoms with Crippen LogP contribution in [0.1, 0.15) is 30.0 Å². The highest BCUT2D eigenvalue weighted by atomic mass is 16.5. The second kappa shape index (κ2) is 8.22. The highest BCUT2D eigenvalue weighted by molar-refractivity contribution is 5.69. The average Bonchev–Trinajstić information content (AvgIpc) is 2.54. The van der Waals surface area contributed by atoms with Crippen LogP contribution in [0.3, 0.4) is 0 Å². The third-order valence-corrected chi connectivity index (χ3v) is 3.34. The van der Waals surface area contributed by atoms with E-state index in [2.05, 4.69) is 12.1 Å². The largest absolute Gasteiger partial charge is 0.464 e. The fraction of sp³-hybridized carbons (Fsp3) is 0.278. The van der Waals surface area contributed by atoms with Gasteiger partial charge in [0.25, 0.3) is 0 Å². The molecule has 0 spiro atoms. The number of nitrogens with two attached hydrogens (primary N) is 1. The molecule has 3 heteroatoms. The van der Waals surface area contributed by atoms with E-state index in [0.29, 0.717) is 6.42 Å². The molecule has 0 bridgehead atoms. The number of benzene rings is 2. The van der Waals surface area contributed by atoms with Crippen LogP contribution in [0.15, 0.2) is 60.7 Å². The molecular weight excluding hydrogens is 262 g/mol. The molecule has 2 aromatic rings. The molecule has 0 aliphatic heterocycles. The molecule has 0 amide bonds. The number of hydrogen-bond acceptors (Lipinski definition) is 3. The third-order valence-electron chi connectivity index (χ3n) is 3.34. The second-order valence-corrected chi connectivity index (χ2v) is 5.04. The molecule has 0 fully saturated rings. The number of esters is 1. The molecule has 1 atom stereocenters. The lowest BCUT2D eigenvalue weighted by atomic mass is 10.1. The van der Waals surface area contributed by atoms with E-state index < -0.39 is 0 Å². The van der Waals surface area contributed by atoms with E-state index in [1.165, 1.54) is 5.56 Å². The van der Waals surface area contributed by atoms with Gasteiger partial charge in [0, 0.05) is 6.42 Å². The second-order valence-electron chi connectivity index (χ2n) is 5.04. The van der Waals surface area contributed by atoms with Gasteiger partial charge in [0.15, 0.2) is 0 Å². The first-order valence-electron chi connectivity index (χ1n) is 7.26. The molecular formula is C18H21NO2. The molecule has 2 aromatic carbocycles. The van der Waals surface area contributed by atoms with E-state index in [0.717, 1.165) is 18.4 Å². The van der Waals surface area contributed by atoms with Crippen molar-refractivity contribution in [3.63, 3.8) is 0 Å². The molecule has 3 nitrogen and oxygen atoms in total. The van der Waals surface area contributed by atoms with Gasteiger partial charge in [-0.1, -0.05) is 60.7 Å². The fourth-order valence-corrected chi connectivity index (χ4v) is 2.13. The highest BCUT2D eigenvalue weighted by Gasteiger charge is 2.09.